The summed E-state index contributed by atoms with van der Waals surface area (Å²) in [6.07, 6.45) is 7.22. The molecule has 2 aromatic rings. The van der Waals surface area contributed by atoms with Gasteiger partial charge in [0.05, 0.1) is 18.3 Å². The second-order valence-electron chi connectivity index (χ2n) is 6.91. The molecule has 0 radical (unpaired) electrons. The van der Waals surface area contributed by atoms with E-state index in [0.717, 1.165) is 36.6 Å². The molecule has 0 unspecified atom stereocenters. The van der Waals surface area contributed by atoms with Gasteiger partial charge in [-0.05, 0) is 57.5 Å². The van der Waals surface area contributed by atoms with E-state index in [9.17, 15) is 4.79 Å². The number of hydrogen-bond donors (Lipinski definition) is 1. The number of likely N-dealkylation sites (tertiary alicyclic amines) is 1. The first kappa shape index (κ1) is 17.6. The third-order valence-electron chi connectivity index (χ3n) is 4.90. The smallest absolute Gasteiger partial charge is 0.220 e. The molecule has 3 heterocycles. The molecule has 1 atom stereocenters. The third-order valence-corrected chi connectivity index (χ3v) is 4.90. The van der Waals surface area contributed by atoms with Crippen LogP contribution in [0.25, 0.3) is 0 Å². The van der Waals surface area contributed by atoms with Crippen LogP contribution in [0.1, 0.15) is 48.1 Å². The number of rotatable bonds is 6. The second-order valence-corrected chi connectivity index (χ2v) is 6.91. The van der Waals surface area contributed by atoms with E-state index in [1.807, 2.05) is 24.7 Å². The minimum atomic E-state index is 0.0528. The van der Waals surface area contributed by atoms with E-state index in [0.29, 0.717) is 19.0 Å². The van der Waals surface area contributed by atoms with Gasteiger partial charge in [0.1, 0.15) is 5.82 Å². The summed E-state index contributed by atoms with van der Waals surface area (Å²) in [5.74, 6) is 0.914. The minimum absolute atomic E-state index is 0.0528. The van der Waals surface area contributed by atoms with Crippen LogP contribution in [-0.2, 0) is 24.8 Å². The van der Waals surface area contributed by atoms with Crippen LogP contribution in [0.3, 0.4) is 0 Å². The molecule has 1 fully saturated rings. The van der Waals surface area contributed by atoms with E-state index < -0.39 is 0 Å². The lowest BCUT2D eigenvalue weighted by Gasteiger charge is -2.20. The van der Waals surface area contributed by atoms with Crippen molar-refractivity contribution in [2.75, 3.05) is 13.6 Å². The lowest BCUT2D eigenvalue weighted by molar-refractivity contribution is -0.121. The summed E-state index contributed by atoms with van der Waals surface area (Å²) in [5, 5.41) is 2.94. The number of aromatic nitrogens is 3. The van der Waals surface area contributed by atoms with Gasteiger partial charge < -0.3 is 9.88 Å². The summed E-state index contributed by atoms with van der Waals surface area (Å²) in [5.41, 5.74) is 3.36. The summed E-state index contributed by atoms with van der Waals surface area (Å²) in [6.45, 7) is 3.63. The predicted octanol–water partition coefficient (Wildman–Crippen LogP) is 2.14. The quantitative estimate of drug-likeness (QED) is 0.874. The van der Waals surface area contributed by atoms with Gasteiger partial charge in [0.25, 0.3) is 0 Å². The number of nitrogens with zero attached hydrogens (tertiary/aromatic N) is 4. The highest BCUT2D eigenvalue weighted by Gasteiger charge is 2.24. The summed E-state index contributed by atoms with van der Waals surface area (Å²) in [7, 11) is 4.09. The molecule has 1 saturated heterocycles. The predicted molar refractivity (Wildman–Crippen MR) is 97.0 cm³/mol. The van der Waals surface area contributed by atoms with Gasteiger partial charge in [-0.15, -0.1) is 0 Å². The molecule has 0 bridgehead atoms. The van der Waals surface area contributed by atoms with Gasteiger partial charge in [-0.3, -0.25) is 14.7 Å². The van der Waals surface area contributed by atoms with Crippen LogP contribution < -0.4 is 5.32 Å². The lowest BCUT2D eigenvalue weighted by atomic mass is 10.0. The second kappa shape index (κ2) is 7.78. The molecule has 0 spiro atoms. The third kappa shape index (κ3) is 4.45. The highest BCUT2D eigenvalue weighted by Crippen LogP contribution is 2.29. The zero-order valence-electron chi connectivity index (χ0n) is 15.3. The maximum Gasteiger partial charge on any atom is 0.220 e. The number of aryl methyl sites for hydroxylation is 3. The highest BCUT2D eigenvalue weighted by molar-refractivity contribution is 5.76. The zero-order chi connectivity index (χ0) is 17.8. The van der Waals surface area contributed by atoms with E-state index in [4.69, 9.17) is 4.98 Å². The molecule has 1 aliphatic heterocycles. The molecule has 1 aliphatic rings. The Kier molecular flexibility index (Phi) is 5.48. The molecule has 6 nitrogen and oxygen atoms in total. The minimum Gasteiger partial charge on any atom is -0.349 e. The Balaban J connectivity index is 1.56. The van der Waals surface area contributed by atoms with Crippen LogP contribution in [0.5, 0.6) is 0 Å². The Labute approximate surface area is 149 Å². The van der Waals surface area contributed by atoms with Crippen molar-refractivity contribution in [1.29, 1.82) is 0 Å². The molecule has 25 heavy (non-hydrogen) atoms. The fourth-order valence-corrected chi connectivity index (χ4v) is 3.46. The number of imidazole rings is 1. The van der Waals surface area contributed by atoms with Gasteiger partial charge >= 0.3 is 0 Å². The summed E-state index contributed by atoms with van der Waals surface area (Å²) < 4.78 is 1.91. The van der Waals surface area contributed by atoms with Crippen LogP contribution in [0, 0.1) is 6.92 Å². The zero-order valence-corrected chi connectivity index (χ0v) is 15.3. The van der Waals surface area contributed by atoms with Gasteiger partial charge in [0, 0.05) is 31.6 Å². The van der Waals surface area contributed by atoms with E-state index >= 15 is 0 Å². The summed E-state index contributed by atoms with van der Waals surface area (Å²) in [4.78, 5) is 23.4. The van der Waals surface area contributed by atoms with E-state index in [-0.39, 0.29) is 5.91 Å². The number of amides is 1. The van der Waals surface area contributed by atoms with Crippen LogP contribution in [-0.4, -0.2) is 38.9 Å². The van der Waals surface area contributed by atoms with E-state index in [2.05, 4.69) is 34.4 Å². The molecule has 0 aliphatic carbocycles. The number of nitrogens with one attached hydrogen (secondary N) is 1. The molecule has 1 N–H and O–H groups in total. The molecule has 2 aromatic heterocycles. The average Bonchev–Trinajstić information content (AvgIpc) is 3.18. The SMILES string of the molecule is Cc1cc(CCC(=O)NCc2nccn2C)cc([C@@H]2CCCN2C)n1. The number of carbonyl (C=O) groups excluding carboxylic acids is 1. The Morgan fingerprint density at radius 1 is 1.36 bits per heavy atom. The van der Waals surface area contributed by atoms with Crippen LogP contribution in [0.2, 0.25) is 0 Å². The van der Waals surface area contributed by atoms with Crippen molar-refractivity contribution in [3.8, 4) is 0 Å². The largest absolute Gasteiger partial charge is 0.349 e. The van der Waals surface area contributed by atoms with Gasteiger partial charge in [-0.25, -0.2) is 4.98 Å². The van der Waals surface area contributed by atoms with Gasteiger partial charge in [-0.1, -0.05) is 0 Å². The van der Waals surface area contributed by atoms with Crippen LogP contribution in [0.4, 0.5) is 0 Å². The maximum absolute atomic E-state index is 12.1. The molecule has 3 rings (SSSR count). The lowest BCUT2D eigenvalue weighted by Crippen LogP contribution is -2.24. The average molecular weight is 341 g/mol. The Morgan fingerprint density at radius 2 is 2.20 bits per heavy atom. The van der Waals surface area contributed by atoms with Crippen molar-refractivity contribution in [1.82, 2.24) is 24.8 Å². The normalized spacial score (nSPS) is 17.8. The van der Waals surface area contributed by atoms with Crippen molar-refractivity contribution in [3.05, 3.63) is 47.3 Å². The van der Waals surface area contributed by atoms with E-state index in [1.165, 1.54) is 12.0 Å². The molecule has 1 amide bonds. The van der Waals surface area contributed by atoms with Gasteiger partial charge in [0.15, 0.2) is 0 Å². The van der Waals surface area contributed by atoms with Crippen molar-refractivity contribution in [3.63, 3.8) is 0 Å². The van der Waals surface area contributed by atoms with E-state index in [1.54, 1.807) is 6.20 Å². The molecular formula is C19H27N5O. The molecule has 0 aromatic carbocycles. The molecular weight excluding hydrogens is 314 g/mol. The van der Waals surface area contributed by atoms with Crippen LogP contribution in [0.15, 0.2) is 24.5 Å². The molecule has 0 saturated carbocycles. The Bertz CT molecular complexity index is 739. The molecule has 6 heteroatoms. The number of carbonyl (C=O) groups is 1. The standard InChI is InChI=1S/C19H27N5O/c1-14-11-15(12-16(22-14)17-5-4-9-23(17)2)6-7-19(25)21-13-18-20-8-10-24(18)3/h8,10-12,17H,4-7,9,13H2,1-3H3,(H,21,25)/t17-/m0/s1. The first-order chi connectivity index (χ1) is 12.0. The fraction of sp³-hybridized carbons (Fsp3) is 0.526. The highest BCUT2D eigenvalue weighted by atomic mass is 16.1. The number of pyridine rings is 1. The van der Waals surface area contributed by atoms with Gasteiger partial charge in [-0.2, -0.15) is 0 Å². The fourth-order valence-electron chi connectivity index (χ4n) is 3.46. The van der Waals surface area contributed by atoms with Crippen LogP contribution >= 0.6 is 0 Å². The van der Waals surface area contributed by atoms with Gasteiger partial charge in [0.2, 0.25) is 5.91 Å². The van der Waals surface area contributed by atoms with Crippen molar-refractivity contribution < 1.29 is 4.79 Å². The monoisotopic (exact) mass is 341 g/mol. The topological polar surface area (TPSA) is 63.1 Å². The Morgan fingerprint density at radius 3 is 2.88 bits per heavy atom. The van der Waals surface area contributed by atoms with Crippen molar-refractivity contribution >= 4 is 5.91 Å². The molecule has 134 valence electrons. The number of hydrogen-bond acceptors (Lipinski definition) is 4. The first-order valence-corrected chi connectivity index (χ1v) is 8.93. The van der Waals surface area contributed by atoms with Crippen molar-refractivity contribution in [2.24, 2.45) is 7.05 Å². The summed E-state index contributed by atoms with van der Waals surface area (Å²) in [6, 6.07) is 4.67. The van der Waals surface area contributed by atoms with Crippen molar-refractivity contribution in [2.45, 2.75) is 45.2 Å². The summed E-state index contributed by atoms with van der Waals surface area (Å²) >= 11 is 0. The first-order valence-electron chi connectivity index (χ1n) is 8.93. The maximum atomic E-state index is 12.1. The Hall–Kier alpha value is -2.21.